The number of nitrogens with zero attached hydrogens (tertiary/aromatic N) is 1. The van der Waals surface area contributed by atoms with Gasteiger partial charge in [-0.2, -0.15) is 34.8 Å². The van der Waals surface area contributed by atoms with E-state index in [0.29, 0.717) is 0 Å². The summed E-state index contributed by atoms with van der Waals surface area (Å²) in [5.41, 5.74) is 0. The van der Waals surface area contributed by atoms with Gasteiger partial charge in [-0.05, 0) is 0 Å². The molecular formula is C3H2F7NO4S2. The second-order valence-electron chi connectivity index (χ2n) is 2.29. The van der Waals surface area contributed by atoms with Gasteiger partial charge in [-0.15, -0.1) is 0 Å². The molecule has 104 valence electrons. The number of rotatable bonds is 5. The third kappa shape index (κ3) is 2.79. The summed E-state index contributed by atoms with van der Waals surface area (Å²) in [5, 5.41) is 0. The third-order valence-electron chi connectivity index (χ3n) is 1.25. The summed E-state index contributed by atoms with van der Waals surface area (Å²) < 4.78 is 115. The Balaban J connectivity index is 5.88. The Morgan fingerprint density at radius 1 is 0.882 bits per heavy atom. The quantitative estimate of drug-likeness (QED) is 0.430. The van der Waals surface area contributed by atoms with Gasteiger partial charge in [0.25, 0.3) is 0 Å². The van der Waals surface area contributed by atoms with E-state index in [1.807, 2.05) is 0 Å². The first-order valence-electron chi connectivity index (χ1n) is 3.18. The fourth-order valence-corrected chi connectivity index (χ4v) is 2.47. The Morgan fingerprint density at radius 2 is 1.18 bits per heavy atom. The van der Waals surface area contributed by atoms with Crippen molar-refractivity contribution in [3.8, 4) is 0 Å². The summed E-state index contributed by atoms with van der Waals surface area (Å²) in [6, 6.07) is 0. The maximum Gasteiger partial charge on any atom is 0.489 e. The summed E-state index contributed by atoms with van der Waals surface area (Å²) >= 11 is 0. The van der Waals surface area contributed by atoms with Gasteiger partial charge in [0.15, 0.2) is 0 Å². The Kier molecular flexibility index (Phi) is 4.40. The molecule has 0 bridgehead atoms. The molecule has 0 spiro atoms. The van der Waals surface area contributed by atoms with E-state index in [1.165, 1.54) is 0 Å². The van der Waals surface area contributed by atoms with E-state index >= 15 is 0 Å². The molecule has 0 aromatic carbocycles. The van der Waals surface area contributed by atoms with Gasteiger partial charge in [0.2, 0.25) is 0 Å². The van der Waals surface area contributed by atoms with Crippen LogP contribution in [0.4, 0.5) is 30.2 Å². The average molecular weight is 313 g/mol. The molecule has 0 amide bonds. The molecule has 0 N–H and O–H groups in total. The van der Waals surface area contributed by atoms with Gasteiger partial charge in [0.1, 0.15) is 0 Å². The van der Waals surface area contributed by atoms with Crippen molar-refractivity contribution in [2.24, 2.45) is 0 Å². The monoisotopic (exact) mass is 313 g/mol. The lowest BCUT2D eigenvalue weighted by Crippen LogP contribution is -2.50. The van der Waals surface area contributed by atoms with Crippen LogP contribution in [0, 0.1) is 0 Å². The minimum absolute atomic E-state index is 2.41. The van der Waals surface area contributed by atoms with Crippen LogP contribution in [0.1, 0.15) is 0 Å². The van der Waals surface area contributed by atoms with E-state index < -0.39 is 42.2 Å². The second-order valence-corrected chi connectivity index (χ2v) is 5.82. The summed E-state index contributed by atoms with van der Waals surface area (Å²) in [7, 11) is -14.3. The standard InChI is InChI=1S/C3H2F7NO4S2/c4-1(5)11(2(6)7)17(14,15)3(8,9)16(10,12)13/h1-2H. The van der Waals surface area contributed by atoms with Gasteiger partial charge < -0.3 is 0 Å². The zero-order valence-corrected chi connectivity index (χ0v) is 8.83. The first-order valence-corrected chi connectivity index (χ1v) is 6.00. The molecule has 0 aliphatic rings. The van der Waals surface area contributed by atoms with Crippen LogP contribution < -0.4 is 0 Å². The molecule has 0 rings (SSSR count). The van der Waals surface area contributed by atoms with Crippen LogP contribution in [0.3, 0.4) is 0 Å². The molecule has 0 fully saturated rings. The predicted octanol–water partition coefficient (Wildman–Crippen LogP) is 0.913. The Morgan fingerprint density at radius 3 is 1.35 bits per heavy atom. The molecule has 0 atom stereocenters. The summed E-state index contributed by atoms with van der Waals surface area (Å²) in [6.45, 7) is -9.35. The number of hydrogen-bond donors (Lipinski definition) is 0. The predicted molar refractivity (Wildman–Crippen MR) is 37.7 cm³/mol. The smallest absolute Gasteiger partial charge is 0.204 e. The highest BCUT2D eigenvalue weighted by Crippen LogP contribution is 2.35. The van der Waals surface area contributed by atoms with Crippen LogP contribution in [0.2, 0.25) is 0 Å². The number of sulfonamides is 1. The fourth-order valence-electron chi connectivity index (χ4n) is 0.543. The van der Waals surface area contributed by atoms with Gasteiger partial charge in [-0.3, -0.25) is 0 Å². The molecule has 0 aromatic heterocycles. The van der Waals surface area contributed by atoms with Gasteiger partial charge in [0, 0.05) is 0 Å². The van der Waals surface area contributed by atoms with E-state index in [9.17, 15) is 47.1 Å². The third-order valence-corrected chi connectivity index (χ3v) is 4.52. The van der Waals surface area contributed by atoms with Crippen molar-refractivity contribution in [3.05, 3.63) is 0 Å². The lowest BCUT2D eigenvalue weighted by molar-refractivity contribution is -0.0876. The highest BCUT2D eigenvalue weighted by Gasteiger charge is 2.64. The molecule has 0 radical (unpaired) electrons. The van der Waals surface area contributed by atoms with E-state index in [4.69, 9.17) is 0 Å². The second kappa shape index (κ2) is 4.56. The molecule has 14 heteroatoms. The summed E-state index contributed by atoms with van der Waals surface area (Å²) in [5.74, 6) is 0. The van der Waals surface area contributed by atoms with Gasteiger partial charge in [-0.25, -0.2) is 8.42 Å². The Labute approximate surface area is 90.1 Å². The van der Waals surface area contributed by atoms with Crippen molar-refractivity contribution in [1.29, 1.82) is 0 Å². The van der Waals surface area contributed by atoms with Crippen molar-refractivity contribution < 1.29 is 47.1 Å². The SMILES string of the molecule is O=S(=O)(F)C(F)(F)S(=O)(=O)N(C(F)F)C(F)F. The van der Waals surface area contributed by atoms with Crippen molar-refractivity contribution in [2.75, 3.05) is 0 Å². The number of hydrogen-bond acceptors (Lipinski definition) is 4. The van der Waals surface area contributed by atoms with E-state index in [2.05, 4.69) is 0 Å². The maximum atomic E-state index is 12.4. The summed E-state index contributed by atoms with van der Waals surface area (Å²) in [4.78, 5) is 0. The van der Waals surface area contributed by atoms with Crippen molar-refractivity contribution in [1.82, 2.24) is 4.31 Å². The maximum absolute atomic E-state index is 12.4. The van der Waals surface area contributed by atoms with Crippen molar-refractivity contribution >= 4 is 20.2 Å². The molecule has 0 saturated carbocycles. The first-order chi connectivity index (χ1) is 7.26. The Bertz CT molecular complexity index is 461. The molecule has 0 aliphatic carbocycles. The minimum atomic E-state index is -7.20. The van der Waals surface area contributed by atoms with Crippen LogP contribution in [0.5, 0.6) is 0 Å². The molecule has 0 aromatic rings. The lowest BCUT2D eigenvalue weighted by atomic mass is 11.1. The highest BCUT2D eigenvalue weighted by molar-refractivity contribution is 8.06. The average Bonchev–Trinajstić information content (AvgIpc) is 1.98. The van der Waals surface area contributed by atoms with Gasteiger partial charge in [-0.1, -0.05) is 8.19 Å². The Hall–Kier alpha value is -0.630. The van der Waals surface area contributed by atoms with Crippen LogP contribution in [0.15, 0.2) is 0 Å². The number of alkyl halides is 6. The molecular weight excluding hydrogens is 311 g/mol. The molecule has 0 aliphatic heterocycles. The van der Waals surface area contributed by atoms with Crippen LogP contribution in [-0.2, 0) is 20.2 Å². The zero-order valence-electron chi connectivity index (χ0n) is 7.20. The highest BCUT2D eigenvalue weighted by atomic mass is 32.3. The van der Waals surface area contributed by atoms with Gasteiger partial charge in [0.05, 0.1) is 0 Å². The van der Waals surface area contributed by atoms with Crippen molar-refractivity contribution in [3.63, 3.8) is 0 Å². The summed E-state index contributed by atoms with van der Waals surface area (Å²) in [6.07, 6.45) is 0. The topological polar surface area (TPSA) is 71.5 Å². The lowest BCUT2D eigenvalue weighted by Gasteiger charge is -2.22. The molecule has 0 heterocycles. The van der Waals surface area contributed by atoms with E-state index in [0.717, 1.165) is 0 Å². The largest absolute Gasteiger partial charge is 0.489 e. The van der Waals surface area contributed by atoms with Crippen LogP contribution in [0.25, 0.3) is 0 Å². The van der Waals surface area contributed by atoms with E-state index in [-0.39, 0.29) is 0 Å². The van der Waals surface area contributed by atoms with Crippen LogP contribution >= 0.6 is 0 Å². The van der Waals surface area contributed by atoms with Crippen molar-refractivity contribution in [2.45, 2.75) is 17.7 Å². The van der Waals surface area contributed by atoms with Crippen LogP contribution in [-0.4, -0.2) is 38.8 Å². The number of halogens is 7. The zero-order chi connectivity index (χ0) is 14.2. The molecule has 0 unspecified atom stereocenters. The minimum Gasteiger partial charge on any atom is -0.204 e. The normalized spacial score (nSPS) is 14.9. The van der Waals surface area contributed by atoms with Gasteiger partial charge >= 0.3 is 37.9 Å². The molecule has 5 nitrogen and oxygen atoms in total. The van der Waals surface area contributed by atoms with E-state index in [1.54, 1.807) is 0 Å². The molecule has 0 saturated heterocycles. The fraction of sp³-hybridized carbons (Fsp3) is 1.00. The molecule has 17 heavy (non-hydrogen) atoms. The first kappa shape index (κ1) is 16.4.